The maximum Gasteiger partial charge on any atom is 0.352 e. The molecule has 14 heteroatoms. The molecule has 184 valence electrons. The predicted molar refractivity (Wildman–Crippen MR) is 124 cm³/mol. The van der Waals surface area contributed by atoms with Crippen molar-refractivity contribution >= 4 is 33.2 Å². The number of amides is 1. The number of hydrogen-bond acceptors (Lipinski definition) is 7. The van der Waals surface area contributed by atoms with Crippen LogP contribution in [0.5, 0.6) is 5.75 Å². The summed E-state index contributed by atoms with van der Waals surface area (Å²) in [6, 6.07) is 7.91. The van der Waals surface area contributed by atoms with Gasteiger partial charge in [0.05, 0.1) is 10.6 Å². The molecule has 0 saturated carbocycles. The summed E-state index contributed by atoms with van der Waals surface area (Å²) >= 11 is 5.79. The number of benzene rings is 2. The first-order chi connectivity index (χ1) is 16.6. The van der Waals surface area contributed by atoms with E-state index in [9.17, 15) is 27.2 Å². The molecule has 0 aliphatic carbocycles. The van der Waals surface area contributed by atoms with Crippen molar-refractivity contribution in [2.75, 3.05) is 24.6 Å². The maximum absolute atomic E-state index is 14.8. The topological polar surface area (TPSA) is 133 Å². The lowest BCUT2D eigenvalue weighted by atomic mass is 10.2. The Labute approximate surface area is 203 Å². The van der Waals surface area contributed by atoms with Crippen LogP contribution in [0.4, 0.5) is 10.1 Å². The quantitative estimate of drug-likeness (QED) is 0.453. The van der Waals surface area contributed by atoms with Crippen LogP contribution in [0, 0.1) is 5.82 Å². The predicted octanol–water partition coefficient (Wildman–Crippen LogP) is 0.818. The van der Waals surface area contributed by atoms with Gasteiger partial charge in [0.2, 0.25) is 10.0 Å². The Morgan fingerprint density at radius 1 is 1.14 bits per heavy atom. The third-order valence-electron chi connectivity index (χ3n) is 5.26. The van der Waals surface area contributed by atoms with Crippen LogP contribution < -0.4 is 25.6 Å². The SMILES string of the molecule is Cn1c(=O)cnn(-c2cc3c(cc2F)OCC(=O)N3CCCNS(=O)(=O)c2ccc(Cl)cc2)c1=O. The minimum atomic E-state index is -3.78. The van der Waals surface area contributed by atoms with E-state index in [0.717, 1.165) is 16.8 Å². The average molecular weight is 524 g/mol. The summed E-state index contributed by atoms with van der Waals surface area (Å²) in [5, 5.41) is 4.10. The van der Waals surface area contributed by atoms with E-state index in [1.54, 1.807) is 0 Å². The number of anilines is 1. The Balaban J connectivity index is 1.55. The largest absolute Gasteiger partial charge is 0.481 e. The van der Waals surface area contributed by atoms with E-state index < -0.39 is 33.0 Å². The number of carbonyl (C=O) groups excluding carboxylic acids is 1. The second-order valence-corrected chi connectivity index (χ2v) is 9.75. The minimum Gasteiger partial charge on any atom is -0.481 e. The van der Waals surface area contributed by atoms with E-state index in [1.165, 1.54) is 42.3 Å². The first-order valence-electron chi connectivity index (χ1n) is 10.3. The smallest absolute Gasteiger partial charge is 0.352 e. The molecule has 2 heterocycles. The Morgan fingerprint density at radius 2 is 1.86 bits per heavy atom. The van der Waals surface area contributed by atoms with E-state index in [0.29, 0.717) is 9.70 Å². The molecule has 0 radical (unpaired) electrons. The van der Waals surface area contributed by atoms with Crippen molar-refractivity contribution in [2.24, 2.45) is 7.05 Å². The second-order valence-electron chi connectivity index (χ2n) is 7.55. The molecule has 3 aromatic rings. The summed E-state index contributed by atoms with van der Waals surface area (Å²) in [5.41, 5.74) is -1.63. The monoisotopic (exact) mass is 523 g/mol. The number of sulfonamides is 1. The minimum absolute atomic E-state index is 0.0147. The van der Waals surface area contributed by atoms with E-state index in [1.807, 2.05) is 0 Å². The van der Waals surface area contributed by atoms with Gasteiger partial charge in [0.15, 0.2) is 12.4 Å². The van der Waals surface area contributed by atoms with Gasteiger partial charge in [-0.05, 0) is 36.8 Å². The van der Waals surface area contributed by atoms with Gasteiger partial charge < -0.3 is 9.64 Å². The molecular weight excluding hydrogens is 505 g/mol. The zero-order chi connectivity index (χ0) is 25.3. The Bertz CT molecular complexity index is 1520. The number of nitrogens with one attached hydrogen (secondary N) is 1. The molecule has 1 aliphatic heterocycles. The van der Waals surface area contributed by atoms with Gasteiger partial charge in [0.25, 0.3) is 11.5 Å². The molecule has 4 rings (SSSR count). The van der Waals surface area contributed by atoms with Gasteiger partial charge in [-0.15, -0.1) is 0 Å². The van der Waals surface area contributed by atoms with Crippen LogP contribution in [0.15, 0.2) is 57.1 Å². The van der Waals surface area contributed by atoms with Gasteiger partial charge in [-0.2, -0.15) is 9.78 Å². The number of nitrogens with zero attached hydrogens (tertiary/aromatic N) is 4. The van der Waals surface area contributed by atoms with Gasteiger partial charge in [-0.1, -0.05) is 11.6 Å². The zero-order valence-corrected chi connectivity index (χ0v) is 19.8. The van der Waals surface area contributed by atoms with Gasteiger partial charge >= 0.3 is 5.69 Å². The van der Waals surface area contributed by atoms with Crippen molar-refractivity contribution in [3.63, 3.8) is 0 Å². The standard InChI is InChI=1S/C21H19ClFN5O6S/c1-26-19(29)11-24-28(21(26)31)16-10-17-18(9-15(16)23)34-12-20(30)27(17)8-2-7-25-35(32,33)14-5-3-13(22)4-6-14/h3-6,9-11,25H,2,7-8,12H2,1H3. The third-order valence-corrected chi connectivity index (χ3v) is 6.99. The number of ether oxygens (including phenoxy) is 1. The van der Waals surface area contributed by atoms with Crippen LogP contribution in [-0.2, 0) is 21.9 Å². The van der Waals surface area contributed by atoms with E-state index in [2.05, 4.69) is 9.82 Å². The lowest BCUT2D eigenvalue weighted by Crippen LogP contribution is -2.41. The summed E-state index contributed by atoms with van der Waals surface area (Å²) in [4.78, 5) is 37.9. The molecular formula is C21H19ClFN5O6S. The Hall–Kier alpha value is -3.55. The first kappa shape index (κ1) is 24.6. The van der Waals surface area contributed by atoms with Crippen molar-refractivity contribution in [3.05, 3.63) is 74.3 Å². The maximum atomic E-state index is 14.8. The summed E-state index contributed by atoms with van der Waals surface area (Å²) in [6.45, 7) is -0.236. The molecule has 0 fully saturated rings. The number of rotatable bonds is 7. The highest BCUT2D eigenvalue weighted by Crippen LogP contribution is 2.35. The van der Waals surface area contributed by atoms with E-state index in [4.69, 9.17) is 16.3 Å². The summed E-state index contributed by atoms with van der Waals surface area (Å²) < 4.78 is 48.8. The van der Waals surface area contributed by atoms with E-state index >= 15 is 0 Å². The molecule has 0 unspecified atom stereocenters. The van der Waals surface area contributed by atoms with E-state index in [-0.39, 0.29) is 48.1 Å². The number of aromatic nitrogens is 3. The van der Waals surface area contributed by atoms with Gasteiger partial charge in [0, 0.05) is 31.2 Å². The normalized spacial score (nSPS) is 13.5. The van der Waals surface area contributed by atoms with Crippen molar-refractivity contribution < 1.29 is 22.3 Å². The van der Waals surface area contributed by atoms with Crippen LogP contribution in [0.1, 0.15) is 6.42 Å². The van der Waals surface area contributed by atoms with Crippen LogP contribution in [0.25, 0.3) is 5.69 Å². The molecule has 0 bridgehead atoms. The molecule has 1 amide bonds. The fourth-order valence-corrected chi connectivity index (χ4v) is 4.60. The van der Waals surface area contributed by atoms with Crippen molar-refractivity contribution in [2.45, 2.75) is 11.3 Å². The Kier molecular flexibility index (Phi) is 6.74. The second kappa shape index (κ2) is 9.60. The number of fused-ring (bicyclic) bond motifs is 1. The number of hydrogen-bond donors (Lipinski definition) is 1. The van der Waals surface area contributed by atoms with Crippen LogP contribution in [0.3, 0.4) is 0 Å². The molecule has 2 aromatic carbocycles. The highest BCUT2D eigenvalue weighted by Gasteiger charge is 2.28. The van der Waals surface area contributed by atoms with Crippen molar-refractivity contribution in [1.82, 2.24) is 19.1 Å². The highest BCUT2D eigenvalue weighted by molar-refractivity contribution is 7.89. The fourth-order valence-electron chi connectivity index (χ4n) is 3.40. The average Bonchev–Trinajstić information content (AvgIpc) is 2.82. The highest BCUT2D eigenvalue weighted by atomic mass is 35.5. The van der Waals surface area contributed by atoms with Crippen LogP contribution >= 0.6 is 11.6 Å². The molecule has 0 atom stereocenters. The van der Waals surface area contributed by atoms with Crippen molar-refractivity contribution in [1.29, 1.82) is 0 Å². The molecule has 1 N–H and O–H groups in total. The molecule has 1 aliphatic rings. The number of carbonyl (C=O) groups is 1. The van der Waals surface area contributed by atoms with Crippen LogP contribution in [-0.4, -0.2) is 48.4 Å². The van der Waals surface area contributed by atoms with Crippen molar-refractivity contribution in [3.8, 4) is 11.4 Å². The molecule has 11 nitrogen and oxygen atoms in total. The van der Waals surface area contributed by atoms with Gasteiger partial charge in [-0.3, -0.25) is 14.2 Å². The van der Waals surface area contributed by atoms with Crippen LogP contribution in [0.2, 0.25) is 5.02 Å². The summed E-state index contributed by atoms with van der Waals surface area (Å²) in [7, 11) is -2.55. The lowest BCUT2D eigenvalue weighted by Gasteiger charge is -2.30. The summed E-state index contributed by atoms with van der Waals surface area (Å²) in [5.74, 6) is -1.20. The molecule has 0 saturated heterocycles. The Morgan fingerprint density at radius 3 is 2.57 bits per heavy atom. The molecule has 1 aromatic heterocycles. The fraction of sp³-hybridized carbons (Fsp3) is 0.238. The molecule has 35 heavy (non-hydrogen) atoms. The van der Waals surface area contributed by atoms with Gasteiger partial charge in [0.1, 0.15) is 17.6 Å². The number of halogens is 2. The molecule has 0 spiro atoms. The van der Waals surface area contributed by atoms with Gasteiger partial charge in [-0.25, -0.2) is 22.3 Å². The summed E-state index contributed by atoms with van der Waals surface area (Å²) in [6.07, 6.45) is 1.09. The third kappa shape index (κ3) is 4.97. The lowest BCUT2D eigenvalue weighted by molar-refractivity contribution is -0.121. The zero-order valence-electron chi connectivity index (χ0n) is 18.3. The first-order valence-corrected chi connectivity index (χ1v) is 12.1.